The average Bonchev–Trinajstić information content (AvgIpc) is 2.53. The molecule has 0 heterocycles. The first-order chi connectivity index (χ1) is 11.3. The molecule has 0 spiro atoms. The molecular weight excluding hydrogens is 330 g/mol. The van der Waals surface area contributed by atoms with Gasteiger partial charge in [-0.3, -0.25) is 4.79 Å². The van der Waals surface area contributed by atoms with E-state index >= 15 is 0 Å². The van der Waals surface area contributed by atoms with Crippen LogP contribution in [0.5, 0.6) is 5.75 Å². The van der Waals surface area contributed by atoms with Crippen LogP contribution in [0.4, 0.5) is 5.69 Å². The van der Waals surface area contributed by atoms with Gasteiger partial charge >= 0.3 is 0 Å². The summed E-state index contributed by atoms with van der Waals surface area (Å²) in [6.45, 7) is 2.94. The van der Waals surface area contributed by atoms with Gasteiger partial charge in [0.2, 0.25) is 5.91 Å². The average molecular weight is 347 g/mol. The van der Waals surface area contributed by atoms with Crippen LogP contribution >= 0.6 is 0 Å². The van der Waals surface area contributed by atoms with Gasteiger partial charge in [0, 0.05) is 18.2 Å². The molecule has 8 heteroatoms. The van der Waals surface area contributed by atoms with Crippen LogP contribution in [0.3, 0.4) is 0 Å². The molecule has 24 heavy (non-hydrogen) atoms. The van der Waals surface area contributed by atoms with Gasteiger partial charge in [-0.25, -0.2) is 0 Å². The maximum Gasteiger partial charge on any atom is 0.276 e. The Morgan fingerprint density at radius 1 is 1.04 bits per heavy atom. The van der Waals surface area contributed by atoms with Gasteiger partial charge in [-0.05, 0) is 43.3 Å². The van der Waals surface area contributed by atoms with Crippen molar-refractivity contribution in [2.75, 3.05) is 5.32 Å². The number of carbonyl (C=O) groups excluding carboxylic acids is 1. The summed E-state index contributed by atoms with van der Waals surface area (Å²) in [7, 11) is -3.85. The van der Waals surface area contributed by atoms with Crippen molar-refractivity contribution in [2.24, 2.45) is 5.10 Å². The zero-order valence-electron chi connectivity index (χ0n) is 13.1. The number of hydrogen-bond donors (Lipinski definition) is 3. The summed E-state index contributed by atoms with van der Waals surface area (Å²) in [4.78, 5) is 13.1. The topological polar surface area (TPSA) is 108 Å². The van der Waals surface area contributed by atoms with Gasteiger partial charge in [-0.2, -0.15) is 18.4 Å². The second kappa shape index (κ2) is 7.14. The molecule has 3 N–H and O–H groups in total. The quantitative estimate of drug-likeness (QED) is 0.568. The first-order valence-electron chi connectivity index (χ1n) is 7.02. The summed E-state index contributed by atoms with van der Waals surface area (Å²) >= 11 is 0. The number of amides is 1. The lowest BCUT2D eigenvalue weighted by molar-refractivity contribution is -0.114. The van der Waals surface area contributed by atoms with Crippen LogP contribution in [0.25, 0.3) is 0 Å². The molecule has 0 saturated heterocycles. The van der Waals surface area contributed by atoms with Crippen LogP contribution < -0.4 is 10.1 Å². The molecule has 0 aliphatic heterocycles. The molecule has 0 unspecified atom stereocenters. The van der Waals surface area contributed by atoms with E-state index in [2.05, 4.69) is 15.2 Å². The van der Waals surface area contributed by atoms with Gasteiger partial charge in [-0.15, -0.1) is 0 Å². The first-order valence-corrected chi connectivity index (χ1v) is 8.50. The second-order valence-corrected chi connectivity index (χ2v) is 6.68. The molecule has 2 aromatic carbocycles. The molecule has 126 valence electrons. The predicted molar refractivity (Wildman–Crippen MR) is 91.4 cm³/mol. The lowest BCUT2D eigenvalue weighted by Gasteiger charge is -2.07. The van der Waals surface area contributed by atoms with Crippen molar-refractivity contribution < 1.29 is 18.3 Å². The monoisotopic (exact) mass is 347 g/mol. The van der Waals surface area contributed by atoms with Crippen molar-refractivity contribution in [1.82, 2.24) is 4.83 Å². The fraction of sp³-hybridized carbons (Fsp3) is 0.125. The number of hydrazone groups is 1. The van der Waals surface area contributed by atoms with Crippen molar-refractivity contribution in [3.8, 4) is 5.75 Å². The minimum Gasteiger partial charge on any atom is -0.507 e. The molecule has 0 atom stereocenters. The molecule has 0 aromatic heterocycles. The van der Waals surface area contributed by atoms with Crippen LogP contribution in [-0.4, -0.2) is 25.1 Å². The maximum absolute atomic E-state index is 12.2. The van der Waals surface area contributed by atoms with Crippen molar-refractivity contribution >= 4 is 27.3 Å². The Hall–Kier alpha value is -2.87. The van der Waals surface area contributed by atoms with E-state index < -0.39 is 10.0 Å². The van der Waals surface area contributed by atoms with E-state index in [4.69, 9.17) is 0 Å². The molecule has 0 aliphatic rings. The zero-order chi connectivity index (χ0) is 17.7. The van der Waals surface area contributed by atoms with Gasteiger partial charge in [0.1, 0.15) is 5.75 Å². The summed E-state index contributed by atoms with van der Waals surface area (Å²) in [5.74, 6) is -0.232. The Kier molecular flexibility index (Phi) is 5.20. The molecule has 2 aromatic rings. The molecule has 0 bridgehead atoms. The SMILES string of the molecule is CC(=O)Nc1ccc(S(=O)(=O)N/N=C(/C)c2ccccc2O)cc1. The number of rotatable bonds is 5. The largest absolute Gasteiger partial charge is 0.507 e. The molecule has 1 amide bonds. The van der Waals surface area contributed by atoms with Gasteiger partial charge in [0.15, 0.2) is 0 Å². The second-order valence-electron chi connectivity index (χ2n) is 5.01. The van der Waals surface area contributed by atoms with E-state index in [0.717, 1.165) is 0 Å². The lowest BCUT2D eigenvalue weighted by Crippen LogP contribution is -2.20. The summed E-state index contributed by atoms with van der Waals surface area (Å²) < 4.78 is 24.4. The molecule has 0 fully saturated rings. The highest BCUT2D eigenvalue weighted by Gasteiger charge is 2.13. The van der Waals surface area contributed by atoms with E-state index in [-0.39, 0.29) is 16.6 Å². The Bertz CT molecular complexity index is 874. The van der Waals surface area contributed by atoms with Crippen molar-refractivity contribution in [3.63, 3.8) is 0 Å². The third-order valence-corrected chi connectivity index (χ3v) is 4.34. The van der Waals surface area contributed by atoms with Crippen molar-refractivity contribution in [3.05, 3.63) is 54.1 Å². The Morgan fingerprint density at radius 2 is 1.67 bits per heavy atom. The maximum atomic E-state index is 12.2. The van der Waals surface area contributed by atoms with E-state index in [1.165, 1.54) is 37.3 Å². The number of nitrogens with one attached hydrogen (secondary N) is 2. The van der Waals surface area contributed by atoms with Crippen LogP contribution in [0.2, 0.25) is 0 Å². The van der Waals surface area contributed by atoms with E-state index in [1.54, 1.807) is 25.1 Å². The molecule has 0 aliphatic carbocycles. The van der Waals surface area contributed by atoms with Gasteiger partial charge in [-0.1, -0.05) is 12.1 Å². The highest BCUT2D eigenvalue weighted by atomic mass is 32.2. The number of nitrogens with zero attached hydrogens (tertiary/aromatic N) is 1. The van der Waals surface area contributed by atoms with Gasteiger partial charge < -0.3 is 10.4 Å². The Balaban J connectivity index is 2.18. The molecule has 7 nitrogen and oxygen atoms in total. The third-order valence-electron chi connectivity index (χ3n) is 3.11. The van der Waals surface area contributed by atoms with Crippen molar-refractivity contribution in [1.29, 1.82) is 0 Å². The van der Waals surface area contributed by atoms with Crippen LogP contribution in [0, 0.1) is 0 Å². The highest BCUT2D eigenvalue weighted by molar-refractivity contribution is 7.89. The number of hydrogen-bond acceptors (Lipinski definition) is 5. The highest BCUT2D eigenvalue weighted by Crippen LogP contribution is 2.17. The predicted octanol–water partition coefficient (Wildman–Crippen LogP) is 2.05. The number of para-hydroxylation sites is 1. The zero-order valence-corrected chi connectivity index (χ0v) is 14.0. The standard InChI is InChI=1S/C16H17N3O4S/c1-11(15-5-3-4-6-16(15)21)18-19-24(22,23)14-9-7-13(8-10-14)17-12(2)20/h3-10,19,21H,1-2H3,(H,17,20)/b18-11-. The summed E-state index contributed by atoms with van der Waals surface area (Å²) in [6, 6.07) is 12.2. The number of anilines is 1. The minimum absolute atomic E-state index is 0.00503. The number of benzene rings is 2. The Labute approximate surface area is 140 Å². The van der Waals surface area contributed by atoms with E-state index in [1.807, 2.05) is 0 Å². The normalized spacial score (nSPS) is 11.8. The fourth-order valence-corrected chi connectivity index (χ4v) is 2.80. The van der Waals surface area contributed by atoms with Gasteiger partial charge in [0.25, 0.3) is 10.0 Å². The number of carbonyl (C=O) groups is 1. The molecule has 0 radical (unpaired) electrons. The summed E-state index contributed by atoms with van der Waals surface area (Å²) in [6.07, 6.45) is 0. The lowest BCUT2D eigenvalue weighted by atomic mass is 10.1. The van der Waals surface area contributed by atoms with E-state index in [9.17, 15) is 18.3 Å². The number of sulfonamides is 1. The van der Waals surface area contributed by atoms with E-state index in [0.29, 0.717) is 17.0 Å². The fourth-order valence-electron chi connectivity index (χ4n) is 1.94. The third kappa shape index (κ3) is 4.32. The minimum atomic E-state index is -3.85. The summed E-state index contributed by atoms with van der Waals surface area (Å²) in [5, 5.41) is 16.1. The molecule has 0 saturated carbocycles. The Morgan fingerprint density at radius 3 is 2.25 bits per heavy atom. The van der Waals surface area contributed by atoms with Crippen LogP contribution in [-0.2, 0) is 14.8 Å². The smallest absolute Gasteiger partial charge is 0.276 e. The molecule has 2 rings (SSSR count). The summed E-state index contributed by atoms with van der Waals surface area (Å²) in [5.41, 5.74) is 1.25. The first kappa shape index (κ1) is 17.5. The van der Waals surface area contributed by atoms with Crippen LogP contribution in [0.15, 0.2) is 58.5 Å². The van der Waals surface area contributed by atoms with Crippen LogP contribution in [0.1, 0.15) is 19.4 Å². The van der Waals surface area contributed by atoms with Crippen molar-refractivity contribution in [2.45, 2.75) is 18.7 Å². The number of aromatic hydroxyl groups is 1. The van der Waals surface area contributed by atoms with Gasteiger partial charge in [0.05, 0.1) is 10.6 Å². The number of phenols is 1. The molecular formula is C16H17N3O4S. The number of phenolic OH excluding ortho intramolecular Hbond substituents is 1.